The van der Waals surface area contributed by atoms with Crippen molar-refractivity contribution in [3.8, 4) is 0 Å². The molecule has 1 unspecified atom stereocenters. The largest absolute Gasteiger partial charge is 0.338 e. The van der Waals surface area contributed by atoms with Crippen molar-refractivity contribution in [1.29, 1.82) is 0 Å². The average Bonchev–Trinajstić information content (AvgIpc) is 2.63. The van der Waals surface area contributed by atoms with Crippen LogP contribution in [0.1, 0.15) is 48.8 Å². The summed E-state index contributed by atoms with van der Waals surface area (Å²) >= 11 is 0. The van der Waals surface area contributed by atoms with Crippen LogP contribution in [-0.2, 0) is 0 Å². The SMILES string of the molecule is CCC1CCCCN1c1nc(C)cc(C(=O)Nc2ccc(F)cc2F)n1. The van der Waals surface area contributed by atoms with E-state index in [4.69, 9.17) is 0 Å². The number of piperidine rings is 1. The molecule has 7 heteroatoms. The molecule has 0 radical (unpaired) electrons. The standard InChI is InChI=1S/C19H22F2N4O/c1-3-14-6-4-5-9-25(14)19-22-12(2)10-17(24-19)18(26)23-16-8-7-13(20)11-15(16)21/h7-8,10-11,14H,3-6,9H2,1-2H3,(H,23,26). The average molecular weight is 360 g/mol. The number of benzene rings is 1. The van der Waals surface area contributed by atoms with Gasteiger partial charge in [-0.2, -0.15) is 0 Å². The molecule has 1 saturated heterocycles. The molecule has 0 saturated carbocycles. The molecular weight excluding hydrogens is 338 g/mol. The van der Waals surface area contributed by atoms with Crippen LogP contribution in [0.4, 0.5) is 20.4 Å². The maximum Gasteiger partial charge on any atom is 0.274 e. The number of nitrogens with one attached hydrogen (secondary N) is 1. The Morgan fingerprint density at radius 3 is 2.81 bits per heavy atom. The lowest BCUT2D eigenvalue weighted by Crippen LogP contribution is -2.40. The maximum absolute atomic E-state index is 13.8. The third-order valence-electron chi connectivity index (χ3n) is 4.61. The summed E-state index contributed by atoms with van der Waals surface area (Å²) in [6.45, 7) is 4.78. The number of nitrogens with zero attached hydrogens (tertiary/aromatic N) is 3. The Bertz CT molecular complexity index is 812. The highest BCUT2D eigenvalue weighted by molar-refractivity contribution is 6.03. The van der Waals surface area contributed by atoms with Crippen LogP contribution < -0.4 is 10.2 Å². The molecule has 1 aromatic heterocycles. The number of halogens is 2. The Kier molecular flexibility index (Phi) is 5.44. The lowest BCUT2D eigenvalue weighted by Gasteiger charge is -2.35. The first-order valence-corrected chi connectivity index (χ1v) is 8.86. The number of carbonyl (C=O) groups is 1. The molecule has 1 aromatic carbocycles. The minimum absolute atomic E-state index is 0.0846. The minimum Gasteiger partial charge on any atom is -0.338 e. The van der Waals surface area contributed by atoms with E-state index in [2.05, 4.69) is 27.1 Å². The fourth-order valence-electron chi connectivity index (χ4n) is 3.26. The number of aromatic nitrogens is 2. The van der Waals surface area contributed by atoms with E-state index in [-0.39, 0.29) is 11.4 Å². The molecule has 3 rings (SSSR count). The second kappa shape index (κ2) is 7.76. The van der Waals surface area contributed by atoms with Crippen LogP contribution in [0.25, 0.3) is 0 Å². The molecule has 0 aliphatic carbocycles. The van der Waals surface area contributed by atoms with Crippen LogP contribution in [0.3, 0.4) is 0 Å². The van der Waals surface area contributed by atoms with E-state index in [0.717, 1.165) is 37.9 Å². The van der Waals surface area contributed by atoms with Crippen molar-refractivity contribution in [2.75, 3.05) is 16.8 Å². The number of rotatable bonds is 4. The fraction of sp³-hybridized carbons (Fsp3) is 0.421. The van der Waals surface area contributed by atoms with E-state index in [1.54, 1.807) is 13.0 Å². The van der Waals surface area contributed by atoms with Crippen molar-refractivity contribution in [1.82, 2.24) is 9.97 Å². The summed E-state index contributed by atoms with van der Waals surface area (Å²) < 4.78 is 26.8. The minimum atomic E-state index is -0.827. The van der Waals surface area contributed by atoms with Crippen molar-refractivity contribution in [3.05, 3.63) is 47.3 Å². The highest BCUT2D eigenvalue weighted by atomic mass is 19.1. The molecule has 1 aliphatic rings. The van der Waals surface area contributed by atoms with Gasteiger partial charge in [0, 0.05) is 24.3 Å². The van der Waals surface area contributed by atoms with Crippen LogP contribution >= 0.6 is 0 Å². The van der Waals surface area contributed by atoms with Crippen molar-refractivity contribution in [2.24, 2.45) is 0 Å². The van der Waals surface area contributed by atoms with Crippen molar-refractivity contribution < 1.29 is 13.6 Å². The van der Waals surface area contributed by atoms with Crippen LogP contribution in [-0.4, -0.2) is 28.5 Å². The molecule has 2 aromatic rings. The van der Waals surface area contributed by atoms with Gasteiger partial charge in [-0.3, -0.25) is 4.79 Å². The predicted octanol–water partition coefficient (Wildman–Crippen LogP) is 4.08. The van der Waals surface area contributed by atoms with Gasteiger partial charge >= 0.3 is 0 Å². The highest BCUT2D eigenvalue weighted by Crippen LogP contribution is 2.24. The number of carbonyl (C=O) groups excluding carboxylic acids is 1. The molecule has 1 N–H and O–H groups in total. The van der Waals surface area contributed by atoms with E-state index in [1.807, 2.05) is 0 Å². The summed E-state index contributed by atoms with van der Waals surface area (Å²) in [6.07, 6.45) is 4.31. The molecule has 1 fully saturated rings. The molecule has 0 spiro atoms. The van der Waals surface area contributed by atoms with Gasteiger partial charge in [0.05, 0.1) is 5.69 Å². The molecular formula is C19H22F2N4O. The van der Waals surface area contributed by atoms with Gasteiger partial charge in [0.25, 0.3) is 5.91 Å². The number of amides is 1. The summed E-state index contributed by atoms with van der Waals surface area (Å²) in [7, 11) is 0. The fourth-order valence-corrected chi connectivity index (χ4v) is 3.26. The first-order chi connectivity index (χ1) is 12.5. The molecule has 1 atom stereocenters. The second-order valence-electron chi connectivity index (χ2n) is 6.52. The summed E-state index contributed by atoms with van der Waals surface area (Å²) in [5.74, 6) is -1.55. The molecule has 5 nitrogen and oxygen atoms in total. The van der Waals surface area contributed by atoms with E-state index >= 15 is 0 Å². The zero-order valence-corrected chi connectivity index (χ0v) is 14.9. The normalized spacial score (nSPS) is 17.2. The smallest absolute Gasteiger partial charge is 0.274 e. The quantitative estimate of drug-likeness (QED) is 0.892. The topological polar surface area (TPSA) is 58.1 Å². The van der Waals surface area contributed by atoms with Gasteiger partial charge in [0.2, 0.25) is 5.95 Å². The molecule has 26 heavy (non-hydrogen) atoms. The third kappa shape index (κ3) is 3.98. The van der Waals surface area contributed by atoms with E-state index < -0.39 is 17.5 Å². The zero-order valence-electron chi connectivity index (χ0n) is 14.9. The van der Waals surface area contributed by atoms with Crippen LogP contribution in [0.2, 0.25) is 0 Å². The number of aryl methyl sites for hydroxylation is 1. The molecule has 2 heterocycles. The van der Waals surface area contributed by atoms with Crippen molar-refractivity contribution >= 4 is 17.5 Å². The van der Waals surface area contributed by atoms with Gasteiger partial charge in [-0.05, 0) is 50.8 Å². The van der Waals surface area contributed by atoms with Gasteiger partial charge in [0.15, 0.2) is 0 Å². The predicted molar refractivity (Wildman–Crippen MR) is 96.4 cm³/mol. The Labute approximate surface area is 151 Å². The summed E-state index contributed by atoms with van der Waals surface area (Å²) in [5, 5.41) is 2.45. The molecule has 0 bridgehead atoms. The van der Waals surface area contributed by atoms with Crippen LogP contribution in [0, 0.1) is 18.6 Å². The maximum atomic E-state index is 13.8. The lowest BCUT2D eigenvalue weighted by atomic mass is 10.0. The van der Waals surface area contributed by atoms with E-state index in [9.17, 15) is 13.6 Å². The Hall–Kier alpha value is -2.57. The van der Waals surface area contributed by atoms with Gasteiger partial charge in [-0.25, -0.2) is 18.7 Å². The summed E-state index contributed by atoms with van der Waals surface area (Å²) in [6, 6.07) is 4.93. The summed E-state index contributed by atoms with van der Waals surface area (Å²) in [5.41, 5.74) is 0.746. The van der Waals surface area contributed by atoms with Crippen LogP contribution in [0.15, 0.2) is 24.3 Å². The highest BCUT2D eigenvalue weighted by Gasteiger charge is 2.24. The van der Waals surface area contributed by atoms with Crippen molar-refractivity contribution in [2.45, 2.75) is 45.6 Å². The molecule has 138 valence electrons. The van der Waals surface area contributed by atoms with E-state index in [1.165, 1.54) is 12.5 Å². The number of hydrogen-bond acceptors (Lipinski definition) is 4. The Morgan fingerprint density at radius 2 is 2.08 bits per heavy atom. The Balaban J connectivity index is 1.85. The van der Waals surface area contributed by atoms with Gasteiger partial charge in [0.1, 0.15) is 17.3 Å². The van der Waals surface area contributed by atoms with Crippen molar-refractivity contribution in [3.63, 3.8) is 0 Å². The van der Waals surface area contributed by atoms with Gasteiger partial charge < -0.3 is 10.2 Å². The molecule has 1 amide bonds. The first kappa shape index (κ1) is 18.2. The summed E-state index contributed by atoms with van der Waals surface area (Å²) in [4.78, 5) is 23.5. The van der Waals surface area contributed by atoms with Crippen LogP contribution in [0.5, 0.6) is 0 Å². The van der Waals surface area contributed by atoms with E-state index in [0.29, 0.717) is 17.7 Å². The zero-order chi connectivity index (χ0) is 18.7. The molecule has 1 aliphatic heterocycles. The third-order valence-corrected chi connectivity index (χ3v) is 4.61. The first-order valence-electron chi connectivity index (χ1n) is 8.86. The van der Waals surface area contributed by atoms with Gasteiger partial charge in [-0.15, -0.1) is 0 Å². The lowest BCUT2D eigenvalue weighted by molar-refractivity contribution is 0.102. The van der Waals surface area contributed by atoms with Gasteiger partial charge in [-0.1, -0.05) is 6.92 Å². The number of hydrogen-bond donors (Lipinski definition) is 1. The monoisotopic (exact) mass is 360 g/mol. The second-order valence-corrected chi connectivity index (χ2v) is 6.52. The number of anilines is 2. The Morgan fingerprint density at radius 1 is 1.27 bits per heavy atom.